The number of pyridine rings is 1. The molecule has 3 heterocycles. The van der Waals surface area contributed by atoms with Crippen molar-refractivity contribution in [2.45, 2.75) is 78.6 Å². The van der Waals surface area contributed by atoms with Crippen molar-refractivity contribution in [3.8, 4) is 28.4 Å². The van der Waals surface area contributed by atoms with Crippen molar-refractivity contribution in [2.75, 3.05) is 9.80 Å². The fourth-order valence-electron chi connectivity index (χ4n) is 7.94. The second kappa shape index (κ2) is 15.4. The molecule has 9 rings (SSSR count). The molecule has 1 aliphatic rings. The first kappa shape index (κ1) is 41.1. The van der Waals surface area contributed by atoms with Gasteiger partial charge < -0.3 is 19.1 Å². The Bertz CT molecular complexity index is 2860. The van der Waals surface area contributed by atoms with E-state index in [0.29, 0.717) is 11.5 Å². The molecule has 0 radical (unpaired) electrons. The molecule has 8 aromatic rings. The summed E-state index contributed by atoms with van der Waals surface area (Å²) in [7, 11) is 0. The van der Waals surface area contributed by atoms with E-state index in [1.54, 1.807) is 0 Å². The Morgan fingerprint density at radius 3 is 1.98 bits per heavy atom. The van der Waals surface area contributed by atoms with Gasteiger partial charge in [0.2, 0.25) is 0 Å². The van der Waals surface area contributed by atoms with Crippen LogP contribution in [0.4, 0.5) is 22.7 Å². The van der Waals surface area contributed by atoms with Crippen LogP contribution in [0.2, 0.25) is 0 Å². The van der Waals surface area contributed by atoms with Gasteiger partial charge >= 0.3 is 0 Å². The first-order valence-electron chi connectivity index (χ1n) is 20.5. The van der Waals surface area contributed by atoms with Gasteiger partial charge in [-0.2, -0.15) is 12.1 Å². The van der Waals surface area contributed by atoms with Gasteiger partial charge in [-0.05, 0) is 91.9 Å². The Kier molecular flexibility index (Phi) is 10.6. The van der Waals surface area contributed by atoms with E-state index in [4.69, 9.17) is 9.72 Å². The fraction of sp³-hybridized carbons (Fsp3) is 0.222. The zero-order valence-corrected chi connectivity index (χ0v) is 38.1. The van der Waals surface area contributed by atoms with Crippen LogP contribution < -0.4 is 14.5 Å². The van der Waals surface area contributed by atoms with Crippen molar-refractivity contribution in [1.82, 2.24) is 9.55 Å². The molecule has 0 aliphatic carbocycles. The number of ether oxygens (including phenoxy) is 1. The van der Waals surface area contributed by atoms with Crippen molar-refractivity contribution >= 4 is 44.6 Å². The molecule has 0 bridgehead atoms. The summed E-state index contributed by atoms with van der Waals surface area (Å²) in [5.74, 6) is 2.07. The van der Waals surface area contributed by atoms with Crippen LogP contribution in [0.1, 0.15) is 79.0 Å². The van der Waals surface area contributed by atoms with Gasteiger partial charge in [0, 0.05) is 61.3 Å². The smallest absolute Gasteiger partial charge is 0.135 e. The maximum atomic E-state index is 6.63. The SMILES string of the molecule is CC(C)(C)c1cc(-c2ccccc2)cc(N2[CH-]N(c3[c-]c(Oc4[c-]c5c(cc4)c4ccccc4n5-c4cc(C(C)(C)C)ccn4)ccc3)c3ccc(C(C)(C)C)cc32)c1.[Pt]. The van der Waals surface area contributed by atoms with Crippen molar-refractivity contribution in [3.63, 3.8) is 0 Å². The second-order valence-electron chi connectivity index (χ2n) is 18.8. The number of nitrogens with zero attached hydrogens (tertiary/aromatic N) is 4. The first-order valence-corrected chi connectivity index (χ1v) is 20.5. The van der Waals surface area contributed by atoms with Gasteiger partial charge in [-0.25, -0.2) is 4.98 Å². The van der Waals surface area contributed by atoms with Gasteiger partial charge in [-0.3, -0.25) is 0 Å². The molecule has 0 atom stereocenters. The number of para-hydroxylation sites is 1. The minimum atomic E-state index is -0.0458. The molecule has 306 valence electrons. The Balaban J connectivity index is 0.00000499. The van der Waals surface area contributed by atoms with Crippen LogP contribution in [0.25, 0.3) is 38.8 Å². The molecule has 0 unspecified atom stereocenters. The van der Waals surface area contributed by atoms with Crippen LogP contribution in [0.5, 0.6) is 11.5 Å². The molecule has 6 heteroatoms. The van der Waals surface area contributed by atoms with E-state index in [-0.39, 0.29) is 37.3 Å². The molecule has 0 N–H and O–H groups in total. The maximum absolute atomic E-state index is 6.63. The number of hydrogen-bond acceptors (Lipinski definition) is 4. The van der Waals surface area contributed by atoms with Gasteiger partial charge in [-0.1, -0.05) is 128 Å². The number of fused-ring (bicyclic) bond motifs is 4. The third kappa shape index (κ3) is 7.77. The van der Waals surface area contributed by atoms with Crippen LogP contribution in [0.15, 0.2) is 140 Å². The Morgan fingerprint density at radius 2 is 1.23 bits per heavy atom. The number of hydrogen-bond donors (Lipinski definition) is 0. The molecular weight excluding hydrogens is 916 g/mol. The van der Waals surface area contributed by atoms with E-state index in [2.05, 4.69) is 211 Å². The molecule has 0 amide bonds. The van der Waals surface area contributed by atoms with Crippen molar-refractivity contribution in [2.24, 2.45) is 0 Å². The summed E-state index contributed by atoms with van der Waals surface area (Å²) in [5, 5.41) is 2.24. The van der Waals surface area contributed by atoms with Gasteiger partial charge in [0.1, 0.15) is 5.82 Å². The summed E-state index contributed by atoms with van der Waals surface area (Å²) in [6, 6.07) is 54.7. The van der Waals surface area contributed by atoms with E-state index in [0.717, 1.165) is 50.4 Å². The van der Waals surface area contributed by atoms with Crippen molar-refractivity contribution < 1.29 is 25.8 Å². The molecule has 0 saturated heterocycles. The summed E-state index contributed by atoms with van der Waals surface area (Å²) >= 11 is 0. The minimum Gasteiger partial charge on any atom is -0.509 e. The standard InChI is InChI=1S/C54H51N4O.Pt/c1-52(2,3)38-22-25-48-50(31-38)57(42-29-37(36-16-11-10-12-17-36)28-40(30-42)54(7,8)9)35-56(48)41-18-15-19-43(33-41)59-44-23-24-46-45-20-13-14-21-47(45)58(49(46)34-44)51-32-39(26-27-55-51)53(4,5)6;/h10-32,35H,1-9H3;/q-3;. The summed E-state index contributed by atoms with van der Waals surface area (Å²) in [5.41, 5.74) is 12.3. The quantitative estimate of drug-likeness (QED) is 0.156. The van der Waals surface area contributed by atoms with E-state index in [1.807, 2.05) is 24.4 Å². The summed E-state index contributed by atoms with van der Waals surface area (Å²) < 4.78 is 8.83. The zero-order chi connectivity index (χ0) is 41.3. The maximum Gasteiger partial charge on any atom is 0.135 e. The third-order valence-electron chi connectivity index (χ3n) is 11.4. The third-order valence-corrected chi connectivity index (χ3v) is 11.4. The molecule has 0 saturated carbocycles. The summed E-state index contributed by atoms with van der Waals surface area (Å²) in [6.07, 6.45) is 1.90. The average molecular weight is 967 g/mol. The Labute approximate surface area is 369 Å². The predicted molar refractivity (Wildman–Crippen MR) is 246 cm³/mol. The topological polar surface area (TPSA) is 33.5 Å². The van der Waals surface area contributed by atoms with Crippen molar-refractivity contribution in [1.29, 1.82) is 0 Å². The summed E-state index contributed by atoms with van der Waals surface area (Å²) in [6.45, 7) is 22.5. The summed E-state index contributed by atoms with van der Waals surface area (Å²) in [4.78, 5) is 9.40. The molecule has 0 spiro atoms. The Morgan fingerprint density at radius 1 is 0.533 bits per heavy atom. The van der Waals surface area contributed by atoms with Gasteiger partial charge in [0.05, 0.1) is 0 Å². The van der Waals surface area contributed by atoms with E-state index >= 15 is 0 Å². The second-order valence-corrected chi connectivity index (χ2v) is 18.8. The minimum absolute atomic E-state index is 0. The van der Waals surface area contributed by atoms with Crippen LogP contribution in [-0.2, 0) is 37.3 Å². The molecule has 1 aliphatic heterocycles. The van der Waals surface area contributed by atoms with Crippen LogP contribution in [-0.4, -0.2) is 9.55 Å². The zero-order valence-electron chi connectivity index (χ0n) is 35.9. The largest absolute Gasteiger partial charge is 0.509 e. The molecule has 6 aromatic carbocycles. The fourth-order valence-corrected chi connectivity index (χ4v) is 7.94. The number of benzene rings is 6. The monoisotopic (exact) mass is 966 g/mol. The predicted octanol–water partition coefficient (Wildman–Crippen LogP) is 14.5. The number of anilines is 4. The van der Waals surface area contributed by atoms with Crippen molar-refractivity contribution in [3.05, 3.63) is 175 Å². The van der Waals surface area contributed by atoms with Crippen LogP contribution in [0, 0.1) is 18.8 Å². The van der Waals surface area contributed by atoms with Gasteiger partial charge in [-0.15, -0.1) is 48.1 Å². The normalized spacial score (nSPS) is 13.2. The average Bonchev–Trinajstić information content (AvgIpc) is 3.76. The molecule has 5 nitrogen and oxygen atoms in total. The van der Waals surface area contributed by atoms with E-state index in [9.17, 15) is 0 Å². The van der Waals surface area contributed by atoms with E-state index in [1.165, 1.54) is 27.8 Å². The molecule has 2 aromatic heterocycles. The van der Waals surface area contributed by atoms with Crippen LogP contribution >= 0.6 is 0 Å². The molecule has 0 fully saturated rings. The van der Waals surface area contributed by atoms with Gasteiger partial charge in [0.15, 0.2) is 0 Å². The molecule has 60 heavy (non-hydrogen) atoms. The first-order chi connectivity index (χ1) is 28.1. The Hall–Kier alpha value is -5.64. The molecular formula is C54H51N4OPt-3. The van der Waals surface area contributed by atoms with Crippen LogP contribution in [0.3, 0.4) is 0 Å². The van der Waals surface area contributed by atoms with E-state index < -0.39 is 0 Å². The van der Waals surface area contributed by atoms with Gasteiger partial charge in [0.25, 0.3) is 0 Å². The number of aromatic nitrogens is 2. The number of rotatable bonds is 6.